The Hall–Kier alpha value is -3.91. The molecule has 0 radical (unpaired) electrons. The Kier molecular flexibility index (Phi) is 7.60. The second-order valence-corrected chi connectivity index (χ2v) is 10.2. The topological polar surface area (TPSA) is 90.8 Å². The normalized spacial score (nSPS) is 18.7. The first-order valence-electron chi connectivity index (χ1n) is 12.5. The SMILES string of the molecule is COc1ccc(C2C(C(=O)Nc3ccc(Br)c[nH+]3)=C(C)NC3=CCCC(=O)C32)cc1COc1ccccc1. The number of halogens is 1. The Balaban J connectivity index is 1.54. The number of hydrogen-bond acceptors (Lipinski definition) is 5. The molecule has 3 N–H and O–H groups in total. The molecule has 2 aliphatic rings. The van der Waals surface area contributed by atoms with Crippen molar-refractivity contribution in [2.75, 3.05) is 12.4 Å². The number of H-pyrrole nitrogens is 1. The van der Waals surface area contributed by atoms with E-state index >= 15 is 0 Å². The fraction of sp³-hybridized carbons (Fsp3) is 0.233. The van der Waals surface area contributed by atoms with Gasteiger partial charge in [-0.05, 0) is 65.2 Å². The summed E-state index contributed by atoms with van der Waals surface area (Å²) in [6.45, 7) is 2.16. The molecule has 1 aliphatic carbocycles. The van der Waals surface area contributed by atoms with E-state index in [0.29, 0.717) is 30.0 Å². The van der Waals surface area contributed by atoms with Gasteiger partial charge in [0.15, 0.2) is 0 Å². The Morgan fingerprint density at radius 2 is 1.95 bits per heavy atom. The highest BCUT2D eigenvalue weighted by atomic mass is 79.9. The summed E-state index contributed by atoms with van der Waals surface area (Å²) in [7, 11) is 1.62. The molecule has 2 aromatic carbocycles. The van der Waals surface area contributed by atoms with Crippen molar-refractivity contribution in [3.8, 4) is 11.5 Å². The predicted octanol–water partition coefficient (Wildman–Crippen LogP) is 5.31. The van der Waals surface area contributed by atoms with Gasteiger partial charge in [0.2, 0.25) is 0 Å². The quantitative estimate of drug-likeness (QED) is 0.399. The number of benzene rings is 2. The van der Waals surface area contributed by atoms with Crippen molar-refractivity contribution in [2.45, 2.75) is 32.3 Å². The molecule has 0 saturated heterocycles. The van der Waals surface area contributed by atoms with Crippen LogP contribution < -0.4 is 25.1 Å². The molecule has 7 nitrogen and oxygen atoms in total. The number of para-hydroxylation sites is 1. The van der Waals surface area contributed by atoms with Crippen molar-refractivity contribution in [1.82, 2.24) is 5.32 Å². The van der Waals surface area contributed by atoms with Crippen molar-refractivity contribution < 1.29 is 24.0 Å². The van der Waals surface area contributed by atoms with Crippen LogP contribution in [0, 0.1) is 5.92 Å². The maximum atomic E-state index is 13.7. The van der Waals surface area contributed by atoms with Crippen LogP contribution in [0.3, 0.4) is 0 Å². The van der Waals surface area contributed by atoms with E-state index in [0.717, 1.165) is 32.7 Å². The third kappa shape index (κ3) is 5.36. The van der Waals surface area contributed by atoms with Crippen molar-refractivity contribution in [3.05, 3.63) is 106 Å². The van der Waals surface area contributed by atoms with E-state index in [9.17, 15) is 9.59 Å². The number of aromatic nitrogens is 1. The smallest absolute Gasteiger partial charge is 0.337 e. The largest absolute Gasteiger partial charge is 0.496 e. The van der Waals surface area contributed by atoms with Gasteiger partial charge in [-0.25, -0.2) is 15.1 Å². The van der Waals surface area contributed by atoms with Gasteiger partial charge in [-0.2, -0.15) is 0 Å². The number of anilines is 1. The van der Waals surface area contributed by atoms with E-state index in [1.165, 1.54) is 0 Å². The number of Topliss-reactive ketones (excluding diaryl/α,β-unsaturated/α-hetero) is 1. The molecular weight excluding hydrogens is 546 g/mol. The zero-order valence-electron chi connectivity index (χ0n) is 21.2. The summed E-state index contributed by atoms with van der Waals surface area (Å²) in [4.78, 5) is 30.1. The fourth-order valence-electron chi connectivity index (χ4n) is 5.13. The lowest BCUT2D eigenvalue weighted by Gasteiger charge is -2.37. The molecular formula is C30H29BrN3O4+. The molecule has 194 valence electrons. The van der Waals surface area contributed by atoms with Gasteiger partial charge in [0.25, 0.3) is 5.82 Å². The number of amides is 1. The molecule has 3 aromatic rings. The standard InChI is InChI=1S/C30H28BrN3O4/c1-18-27(30(36)34-26-14-12-21(31)16-32-26)28(29-23(33-18)9-6-10-24(29)35)19-11-13-25(37-2)20(15-19)17-38-22-7-4-3-5-8-22/h3-5,7-9,11-16,28-29,33H,6,10,17H2,1-2H3,(H,32,34,36)/p+1. The van der Waals surface area contributed by atoms with Crippen LogP contribution in [0.5, 0.6) is 11.5 Å². The molecule has 2 atom stereocenters. The minimum Gasteiger partial charge on any atom is -0.496 e. The number of methoxy groups -OCH3 is 1. The number of allylic oxidation sites excluding steroid dienone is 3. The van der Waals surface area contributed by atoms with Crippen LogP contribution in [0.4, 0.5) is 5.82 Å². The minimum atomic E-state index is -0.474. The maximum Gasteiger partial charge on any atom is 0.337 e. The fourth-order valence-corrected chi connectivity index (χ4v) is 5.38. The highest BCUT2D eigenvalue weighted by Crippen LogP contribution is 2.44. The third-order valence-electron chi connectivity index (χ3n) is 6.89. The molecule has 2 unspecified atom stereocenters. The number of ketones is 1. The second kappa shape index (κ2) is 11.2. The number of carbonyl (C=O) groups is 2. The summed E-state index contributed by atoms with van der Waals surface area (Å²) < 4.78 is 12.5. The molecule has 0 spiro atoms. The van der Waals surface area contributed by atoms with Crippen LogP contribution in [0.25, 0.3) is 0 Å². The van der Waals surface area contributed by atoms with E-state index in [2.05, 4.69) is 37.6 Å². The van der Waals surface area contributed by atoms with Gasteiger partial charge in [-0.1, -0.05) is 30.3 Å². The van der Waals surface area contributed by atoms with Crippen LogP contribution in [-0.4, -0.2) is 18.8 Å². The van der Waals surface area contributed by atoms with E-state index in [1.54, 1.807) is 19.4 Å². The zero-order valence-corrected chi connectivity index (χ0v) is 22.8. The van der Waals surface area contributed by atoms with E-state index in [1.807, 2.05) is 61.5 Å². The highest BCUT2D eigenvalue weighted by molar-refractivity contribution is 9.10. The summed E-state index contributed by atoms with van der Waals surface area (Å²) in [5.41, 5.74) is 3.79. The minimum absolute atomic E-state index is 0.117. The van der Waals surface area contributed by atoms with Gasteiger partial charge < -0.3 is 14.8 Å². The molecule has 0 bridgehead atoms. The Labute approximate surface area is 230 Å². The number of hydrogen-bond donors (Lipinski definition) is 2. The maximum absolute atomic E-state index is 13.7. The first-order chi connectivity index (χ1) is 18.4. The molecule has 0 saturated carbocycles. The predicted molar refractivity (Wildman–Crippen MR) is 147 cm³/mol. The first kappa shape index (κ1) is 25.7. The number of aromatic amines is 1. The Morgan fingerprint density at radius 3 is 2.68 bits per heavy atom. The Bertz CT molecular complexity index is 1420. The highest BCUT2D eigenvalue weighted by Gasteiger charge is 2.44. The van der Waals surface area contributed by atoms with Gasteiger partial charge in [0.05, 0.1) is 23.1 Å². The number of nitrogens with one attached hydrogen (secondary N) is 3. The van der Waals surface area contributed by atoms with Crippen molar-refractivity contribution >= 4 is 33.4 Å². The lowest BCUT2D eigenvalue weighted by atomic mass is 9.70. The average molecular weight is 575 g/mol. The van der Waals surface area contributed by atoms with Crippen molar-refractivity contribution in [1.29, 1.82) is 0 Å². The number of rotatable bonds is 7. The van der Waals surface area contributed by atoms with Gasteiger partial charge in [-0.3, -0.25) is 4.79 Å². The van der Waals surface area contributed by atoms with E-state index < -0.39 is 11.8 Å². The second-order valence-electron chi connectivity index (χ2n) is 9.33. The summed E-state index contributed by atoms with van der Waals surface area (Å²) in [5, 5.41) is 6.32. The summed E-state index contributed by atoms with van der Waals surface area (Å²) in [6.07, 6.45) is 4.96. The summed E-state index contributed by atoms with van der Waals surface area (Å²) in [5.74, 6) is 0.891. The number of carbonyl (C=O) groups excluding carboxylic acids is 2. The molecule has 0 fully saturated rings. The number of fused-ring (bicyclic) bond motifs is 1. The molecule has 38 heavy (non-hydrogen) atoms. The number of ether oxygens (including phenoxy) is 2. The third-order valence-corrected chi connectivity index (χ3v) is 7.38. The lowest BCUT2D eigenvalue weighted by Crippen LogP contribution is -2.41. The monoisotopic (exact) mass is 574 g/mol. The van der Waals surface area contributed by atoms with E-state index in [-0.39, 0.29) is 18.3 Å². The van der Waals surface area contributed by atoms with Crippen LogP contribution in [-0.2, 0) is 16.2 Å². The van der Waals surface area contributed by atoms with Crippen LogP contribution in [0.15, 0.2) is 94.4 Å². The number of pyridine rings is 1. The molecule has 1 aromatic heterocycles. The van der Waals surface area contributed by atoms with Crippen molar-refractivity contribution in [2.24, 2.45) is 5.92 Å². The molecule has 1 amide bonds. The van der Waals surface area contributed by atoms with Gasteiger partial charge >= 0.3 is 5.91 Å². The van der Waals surface area contributed by atoms with Gasteiger partial charge in [0, 0.05) is 35.4 Å². The van der Waals surface area contributed by atoms with Gasteiger partial charge in [-0.15, -0.1) is 0 Å². The lowest BCUT2D eigenvalue weighted by molar-refractivity contribution is -0.361. The molecule has 5 rings (SSSR count). The van der Waals surface area contributed by atoms with E-state index in [4.69, 9.17) is 9.47 Å². The summed E-state index contributed by atoms with van der Waals surface area (Å²) >= 11 is 3.40. The molecule has 8 heteroatoms. The van der Waals surface area contributed by atoms with Crippen LogP contribution in [0.2, 0.25) is 0 Å². The Morgan fingerprint density at radius 1 is 1.13 bits per heavy atom. The average Bonchev–Trinajstić information content (AvgIpc) is 2.93. The zero-order chi connectivity index (χ0) is 26.6. The van der Waals surface area contributed by atoms with Crippen molar-refractivity contribution in [3.63, 3.8) is 0 Å². The molecule has 2 heterocycles. The molecule has 1 aliphatic heterocycles. The summed E-state index contributed by atoms with van der Waals surface area (Å²) in [6, 6.07) is 19.0. The van der Waals surface area contributed by atoms with Crippen LogP contribution >= 0.6 is 15.9 Å². The van der Waals surface area contributed by atoms with Crippen LogP contribution in [0.1, 0.15) is 36.8 Å². The first-order valence-corrected chi connectivity index (χ1v) is 13.3. The van der Waals surface area contributed by atoms with Gasteiger partial charge in [0.1, 0.15) is 30.1 Å².